The summed E-state index contributed by atoms with van der Waals surface area (Å²) in [5.41, 5.74) is 0.760. The minimum atomic E-state index is -0.999. The summed E-state index contributed by atoms with van der Waals surface area (Å²) in [6, 6.07) is 3.13. The van der Waals surface area contributed by atoms with E-state index in [2.05, 4.69) is 20.9 Å². The van der Waals surface area contributed by atoms with Crippen LogP contribution in [0.5, 0.6) is 0 Å². The van der Waals surface area contributed by atoms with Crippen LogP contribution < -0.4 is 0 Å². The quantitative estimate of drug-likeness (QED) is 0.834. The van der Waals surface area contributed by atoms with Crippen molar-refractivity contribution in [3.63, 3.8) is 0 Å². The molecule has 0 amide bonds. The third kappa shape index (κ3) is 2.46. The number of hydrogen-bond acceptors (Lipinski definition) is 2. The molecule has 0 aliphatic carbocycles. The van der Waals surface area contributed by atoms with Crippen LogP contribution in [-0.4, -0.2) is 16.1 Å². The third-order valence-corrected chi connectivity index (χ3v) is 2.08. The first-order chi connectivity index (χ1) is 5.11. The molecule has 66 valence electrons. The highest BCUT2D eigenvalue weighted by Gasteiger charge is 2.04. The molecule has 5 heteroatoms. The van der Waals surface area contributed by atoms with Gasteiger partial charge in [0.1, 0.15) is 5.69 Å². The monoisotopic (exact) mass is 251 g/mol. The number of carbonyl (C=O) groups is 1. The van der Waals surface area contributed by atoms with Crippen molar-refractivity contribution in [3.05, 3.63) is 28.0 Å². The number of rotatable bonds is 1. The Morgan fingerprint density at radius 3 is 2.58 bits per heavy atom. The summed E-state index contributed by atoms with van der Waals surface area (Å²) in [6.07, 6.45) is 0. The van der Waals surface area contributed by atoms with Gasteiger partial charge in [-0.15, -0.1) is 12.4 Å². The number of hydrogen-bond donors (Lipinski definition) is 1. The predicted molar refractivity (Wildman–Crippen MR) is 50.9 cm³/mol. The first-order valence-electron chi connectivity index (χ1n) is 2.97. The fourth-order valence-corrected chi connectivity index (χ4v) is 0.884. The maximum absolute atomic E-state index is 10.4. The highest BCUT2D eigenvalue weighted by Crippen LogP contribution is 2.13. The summed E-state index contributed by atoms with van der Waals surface area (Å²) in [5.74, 6) is -0.999. The van der Waals surface area contributed by atoms with Crippen molar-refractivity contribution >= 4 is 34.3 Å². The van der Waals surface area contributed by atoms with Crippen molar-refractivity contribution in [2.75, 3.05) is 0 Å². The van der Waals surface area contributed by atoms with E-state index >= 15 is 0 Å². The van der Waals surface area contributed by atoms with E-state index in [4.69, 9.17) is 5.11 Å². The van der Waals surface area contributed by atoms with E-state index in [1.54, 1.807) is 13.0 Å². The lowest BCUT2D eigenvalue weighted by molar-refractivity contribution is 0.0690. The maximum atomic E-state index is 10.4. The lowest BCUT2D eigenvalue weighted by Gasteiger charge is -1.97. The smallest absolute Gasteiger partial charge is 0.354 e. The molecule has 0 aliphatic heterocycles. The van der Waals surface area contributed by atoms with Gasteiger partial charge in [-0.1, -0.05) is 0 Å². The number of aryl methyl sites for hydroxylation is 1. The molecule has 0 saturated heterocycles. The zero-order chi connectivity index (χ0) is 8.43. The van der Waals surface area contributed by atoms with Crippen LogP contribution in [0.4, 0.5) is 0 Å². The fraction of sp³-hybridized carbons (Fsp3) is 0.143. The van der Waals surface area contributed by atoms with E-state index in [1.807, 2.05) is 0 Å². The number of aromatic nitrogens is 1. The van der Waals surface area contributed by atoms with E-state index in [9.17, 15) is 4.79 Å². The summed E-state index contributed by atoms with van der Waals surface area (Å²) in [6.45, 7) is 1.75. The van der Waals surface area contributed by atoms with Gasteiger partial charge in [-0.25, -0.2) is 9.78 Å². The van der Waals surface area contributed by atoms with Gasteiger partial charge in [0.05, 0.1) is 5.69 Å². The van der Waals surface area contributed by atoms with Gasteiger partial charge in [0.25, 0.3) is 0 Å². The summed E-state index contributed by atoms with van der Waals surface area (Å²) < 4.78 is 0.822. The van der Waals surface area contributed by atoms with Gasteiger partial charge in [0.15, 0.2) is 0 Å². The van der Waals surface area contributed by atoms with Crippen molar-refractivity contribution in [2.45, 2.75) is 6.92 Å². The second-order valence-corrected chi connectivity index (χ2v) is 2.92. The van der Waals surface area contributed by atoms with Crippen LogP contribution in [0.25, 0.3) is 0 Å². The number of nitrogens with zero attached hydrogens (tertiary/aromatic N) is 1. The molecule has 0 bridgehead atoms. The van der Waals surface area contributed by atoms with Crippen LogP contribution in [0.15, 0.2) is 16.6 Å². The fourth-order valence-electron chi connectivity index (χ4n) is 0.663. The van der Waals surface area contributed by atoms with Crippen molar-refractivity contribution in [2.24, 2.45) is 0 Å². The molecular weight excluding hydrogens is 245 g/mol. The largest absolute Gasteiger partial charge is 0.477 e. The van der Waals surface area contributed by atoms with Crippen LogP contribution >= 0.6 is 28.3 Å². The Balaban J connectivity index is 0.00000121. The lowest BCUT2D eigenvalue weighted by Crippen LogP contribution is -2.00. The maximum Gasteiger partial charge on any atom is 0.354 e. The molecule has 0 saturated carbocycles. The SMILES string of the molecule is Cc1nc(C(=O)O)ccc1Br.Cl. The highest BCUT2D eigenvalue weighted by atomic mass is 79.9. The van der Waals surface area contributed by atoms with Crippen LogP contribution in [0.2, 0.25) is 0 Å². The van der Waals surface area contributed by atoms with E-state index < -0.39 is 5.97 Å². The normalized spacial score (nSPS) is 8.83. The Hall–Kier alpha value is -0.610. The molecule has 0 atom stereocenters. The number of pyridine rings is 1. The molecule has 1 rings (SSSR count). The zero-order valence-electron chi connectivity index (χ0n) is 6.24. The number of halogens is 2. The van der Waals surface area contributed by atoms with Crippen molar-refractivity contribution in [1.29, 1.82) is 0 Å². The van der Waals surface area contributed by atoms with Gasteiger partial charge in [-0.3, -0.25) is 0 Å². The van der Waals surface area contributed by atoms with Crippen LogP contribution in [0, 0.1) is 6.92 Å². The minimum Gasteiger partial charge on any atom is -0.477 e. The Bertz CT molecular complexity index is 303. The summed E-state index contributed by atoms with van der Waals surface area (Å²) in [4.78, 5) is 14.2. The molecule has 3 nitrogen and oxygen atoms in total. The Kier molecular flexibility index (Phi) is 4.20. The molecule has 0 aliphatic rings. The first kappa shape index (κ1) is 11.4. The molecule has 0 spiro atoms. The van der Waals surface area contributed by atoms with Gasteiger partial charge in [-0.2, -0.15) is 0 Å². The minimum absolute atomic E-state index is 0. The van der Waals surface area contributed by atoms with Crippen LogP contribution in [-0.2, 0) is 0 Å². The van der Waals surface area contributed by atoms with Gasteiger partial charge >= 0.3 is 5.97 Å². The van der Waals surface area contributed by atoms with Crippen LogP contribution in [0.3, 0.4) is 0 Å². The Labute approximate surface area is 84.4 Å². The first-order valence-corrected chi connectivity index (χ1v) is 3.77. The molecule has 0 fully saturated rings. The molecule has 0 aromatic carbocycles. The summed E-state index contributed by atoms with van der Waals surface area (Å²) in [5, 5.41) is 8.52. The molecule has 0 unspecified atom stereocenters. The van der Waals surface area contributed by atoms with Gasteiger partial charge in [0, 0.05) is 4.47 Å². The standard InChI is InChI=1S/C7H6BrNO2.ClH/c1-4-5(8)2-3-6(9-4)7(10)11;/h2-3H,1H3,(H,10,11);1H. The molecule has 1 N–H and O–H groups in total. The van der Waals surface area contributed by atoms with E-state index in [1.165, 1.54) is 6.07 Å². The van der Waals surface area contributed by atoms with Gasteiger partial charge in [-0.05, 0) is 35.0 Å². The number of carboxylic acids is 1. The van der Waals surface area contributed by atoms with Gasteiger partial charge in [0.2, 0.25) is 0 Å². The number of carboxylic acid groups (broad SMARTS) is 1. The number of aromatic carboxylic acids is 1. The zero-order valence-corrected chi connectivity index (χ0v) is 8.65. The highest BCUT2D eigenvalue weighted by molar-refractivity contribution is 9.10. The van der Waals surface area contributed by atoms with E-state index in [-0.39, 0.29) is 18.1 Å². The molecule has 1 aromatic rings. The Morgan fingerprint density at radius 1 is 1.58 bits per heavy atom. The van der Waals surface area contributed by atoms with Gasteiger partial charge < -0.3 is 5.11 Å². The van der Waals surface area contributed by atoms with Crippen molar-refractivity contribution < 1.29 is 9.90 Å². The third-order valence-electron chi connectivity index (χ3n) is 1.24. The van der Waals surface area contributed by atoms with Crippen molar-refractivity contribution in [3.8, 4) is 0 Å². The summed E-state index contributed by atoms with van der Waals surface area (Å²) >= 11 is 3.22. The molecule has 1 heterocycles. The Morgan fingerprint density at radius 2 is 2.17 bits per heavy atom. The second-order valence-electron chi connectivity index (χ2n) is 2.07. The molecular formula is C7H7BrClNO2. The molecule has 1 aromatic heterocycles. The lowest BCUT2D eigenvalue weighted by atomic mass is 10.3. The molecule has 12 heavy (non-hydrogen) atoms. The van der Waals surface area contributed by atoms with Crippen molar-refractivity contribution in [1.82, 2.24) is 4.98 Å². The van der Waals surface area contributed by atoms with Crippen LogP contribution in [0.1, 0.15) is 16.2 Å². The van der Waals surface area contributed by atoms with E-state index in [0.29, 0.717) is 5.69 Å². The average molecular weight is 252 g/mol. The van der Waals surface area contributed by atoms with E-state index in [0.717, 1.165) is 4.47 Å². The predicted octanol–water partition coefficient (Wildman–Crippen LogP) is 2.27. The molecule has 0 radical (unpaired) electrons. The second kappa shape index (κ2) is 4.42. The topological polar surface area (TPSA) is 50.2 Å². The summed E-state index contributed by atoms with van der Waals surface area (Å²) in [7, 11) is 0. The average Bonchev–Trinajstić information content (AvgIpc) is 1.94.